The minimum atomic E-state index is -0.651. The topological polar surface area (TPSA) is 29.5 Å². The van der Waals surface area contributed by atoms with Crippen LogP contribution in [0.2, 0.25) is 5.02 Å². The summed E-state index contributed by atoms with van der Waals surface area (Å²) in [6.07, 6.45) is -0.651. The molecule has 0 aliphatic carbocycles. The van der Waals surface area contributed by atoms with E-state index in [4.69, 9.17) is 16.3 Å². The fourth-order valence-corrected chi connectivity index (χ4v) is 1.95. The molecule has 4 heteroatoms. The Balaban J connectivity index is 3.40. The Hall–Kier alpha value is -0.380. The van der Waals surface area contributed by atoms with E-state index in [0.29, 0.717) is 16.5 Å². The van der Waals surface area contributed by atoms with E-state index in [0.717, 1.165) is 16.7 Å². The third kappa shape index (κ3) is 2.41. The molecular formula is C11H15ClO2S. The lowest BCUT2D eigenvalue weighted by Crippen LogP contribution is -2.05. The van der Waals surface area contributed by atoms with Crippen LogP contribution in [0, 0.1) is 13.8 Å². The monoisotopic (exact) mass is 246 g/mol. The predicted octanol–water partition coefficient (Wildman–Crippen LogP) is 2.93. The van der Waals surface area contributed by atoms with Crippen molar-refractivity contribution >= 4 is 24.2 Å². The molecule has 15 heavy (non-hydrogen) atoms. The Morgan fingerprint density at radius 2 is 2.13 bits per heavy atom. The Kier molecular flexibility index (Phi) is 4.32. The highest BCUT2D eigenvalue weighted by Gasteiger charge is 2.18. The summed E-state index contributed by atoms with van der Waals surface area (Å²) >= 11 is 10.2. The van der Waals surface area contributed by atoms with Crippen LogP contribution in [0.4, 0.5) is 0 Å². The van der Waals surface area contributed by atoms with Crippen LogP contribution in [-0.4, -0.2) is 18.0 Å². The van der Waals surface area contributed by atoms with Crippen molar-refractivity contribution in [3.63, 3.8) is 0 Å². The molecule has 1 aromatic carbocycles. The summed E-state index contributed by atoms with van der Waals surface area (Å²) in [5.41, 5.74) is 2.53. The van der Waals surface area contributed by atoms with E-state index in [9.17, 15) is 5.11 Å². The summed E-state index contributed by atoms with van der Waals surface area (Å²) in [4.78, 5) is 0. The van der Waals surface area contributed by atoms with Crippen molar-refractivity contribution in [2.75, 3.05) is 12.9 Å². The van der Waals surface area contributed by atoms with Gasteiger partial charge in [-0.25, -0.2) is 0 Å². The fraction of sp³-hybridized carbons (Fsp3) is 0.455. The van der Waals surface area contributed by atoms with Gasteiger partial charge in [0.1, 0.15) is 5.75 Å². The van der Waals surface area contributed by atoms with Crippen molar-refractivity contribution in [2.45, 2.75) is 20.0 Å². The Morgan fingerprint density at radius 1 is 1.53 bits per heavy atom. The number of ether oxygens (including phenoxy) is 1. The van der Waals surface area contributed by atoms with Crippen LogP contribution in [0.15, 0.2) is 6.07 Å². The molecule has 1 atom stereocenters. The number of aliphatic hydroxyl groups excluding tert-OH is 1. The number of aliphatic hydroxyl groups is 1. The van der Waals surface area contributed by atoms with E-state index in [-0.39, 0.29) is 0 Å². The number of aryl methyl sites for hydroxylation is 1. The average Bonchev–Trinajstić information content (AvgIpc) is 2.24. The van der Waals surface area contributed by atoms with Gasteiger partial charge in [-0.2, -0.15) is 12.6 Å². The molecule has 0 amide bonds. The molecule has 1 rings (SSSR count). The first-order valence-corrected chi connectivity index (χ1v) is 5.66. The molecule has 0 fully saturated rings. The van der Waals surface area contributed by atoms with Crippen molar-refractivity contribution in [3.05, 3.63) is 27.8 Å². The molecule has 0 bridgehead atoms. The first-order valence-electron chi connectivity index (χ1n) is 4.65. The Bertz CT molecular complexity index is 366. The molecule has 1 N–H and O–H groups in total. The molecule has 0 aromatic heterocycles. The quantitative estimate of drug-likeness (QED) is 0.804. The van der Waals surface area contributed by atoms with Gasteiger partial charge in [-0.05, 0) is 31.0 Å². The zero-order chi connectivity index (χ0) is 11.6. The third-order valence-corrected chi connectivity index (χ3v) is 3.35. The zero-order valence-electron chi connectivity index (χ0n) is 9.04. The molecule has 84 valence electrons. The van der Waals surface area contributed by atoms with Gasteiger partial charge in [0.25, 0.3) is 0 Å². The van der Waals surface area contributed by atoms with Gasteiger partial charge in [0, 0.05) is 16.3 Å². The molecule has 0 saturated heterocycles. The maximum atomic E-state index is 9.82. The SMILES string of the molecule is COc1cc(C)c(Cl)c(C)c1C(O)CS. The number of hydrogen-bond donors (Lipinski definition) is 2. The first kappa shape index (κ1) is 12.7. The van der Waals surface area contributed by atoms with E-state index in [2.05, 4.69) is 12.6 Å². The molecule has 1 aromatic rings. The molecule has 0 heterocycles. The highest BCUT2D eigenvalue weighted by Crippen LogP contribution is 2.35. The number of thiol groups is 1. The van der Waals surface area contributed by atoms with Crippen LogP contribution in [0.5, 0.6) is 5.75 Å². The summed E-state index contributed by atoms with van der Waals surface area (Å²) < 4.78 is 5.23. The fourth-order valence-electron chi connectivity index (χ4n) is 1.61. The second-order valence-electron chi connectivity index (χ2n) is 3.45. The molecule has 0 spiro atoms. The van der Waals surface area contributed by atoms with E-state index in [1.54, 1.807) is 7.11 Å². The summed E-state index contributed by atoms with van der Waals surface area (Å²) in [5, 5.41) is 10.5. The standard InChI is InChI=1S/C11H15ClO2S/c1-6-4-9(14-3)10(8(13)5-15)7(2)11(6)12/h4,8,13,15H,5H2,1-3H3. The highest BCUT2D eigenvalue weighted by atomic mass is 35.5. The molecule has 0 aliphatic rings. The van der Waals surface area contributed by atoms with Crippen LogP contribution in [0.25, 0.3) is 0 Å². The van der Waals surface area contributed by atoms with Crippen LogP contribution < -0.4 is 4.74 Å². The largest absolute Gasteiger partial charge is 0.496 e. The van der Waals surface area contributed by atoms with Gasteiger partial charge in [-0.15, -0.1) is 0 Å². The van der Waals surface area contributed by atoms with Crippen molar-refractivity contribution in [1.82, 2.24) is 0 Å². The summed E-state index contributed by atoms with van der Waals surface area (Å²) in [7, 11) is 1.58. The van der Waals surface area contributed by atoms with Gasteiger partial charge in [-0.3, -0.25) is 0 Å². The number of methoxy groups -OCH3 is 1. The van der Waals surface area contributed by atoms with Crippen molar-refractivity contribution in [3.8, 4) is 5.75 Å². The Labute approximate surface area is 101 Å². The van der Waals surface area contributed by atoms with Crippen LogP contribution in [-0.2, 0) is 0 Å². The van der Waals surface area contributed by atoms with E-state index < -0.39 is 6.10 Å². The van der Waals surface area contributed by atoms with E-state index in [1.165, 1.54) is 0 Å². The lowest BCUT2D eigenvalue weighted by Gasteiger charge is -2.18. The molecule has 0 radical (unpaired) electrons. The number of halogens is 1. The molecule has 2 nitrogen and oxygen atoms in total. The van der Waals surface area contributed by atoms with Crippen molar-refractivity contribution in [1.29, 1.82) is 0 Å². The molecule has 0 saturated carbocycles. The highest BCUT2D eigenvalue weighted by molar-refractivity contribution is 7.80. The van der Waals surface area contributed by atoms with Crippen LogP contribution in [0.1, 0.15) is 22.8 Å². The minimum Gasteiger partial charge on any atom is -0.496 e. The second kappa shape index (κ2) is 5.10. The maximum absolute atomic E-state index is 9.82. The van der Waals surface area contributed by atoms with Gasteiger partial charge < -0.3 is 9.84 Å². The van der Waals surface area contributed by atoms with Gasteiger partial charge in [0.15, 0.2) is 0 Å². The summed E-state index contributed by atoms with van der Waals surface area (Å²) in [5.74, 6) is 1.01. The number of benzene rings is 1. The lowest BCUT2D eigenvalue weighted by molar-refractivity contribution is 0.198. The molecule has 0 aliphatic heterocycles. The minimum absolute atomic E-state index is 0.344. The molecular weight excluding hydrogens is 232 g/mol. The van der Waals surface area contributed by atoms with Gasteiger partial charge in [0.2, 0.25) is 0 Å². The summed E-state index contributed by atoms with van der Waals surface area (Å²) in [6.45, 7) is 3.79. The van der Waals surface area contributed by atoms with E-state index in [1.807, 2.05) is 19.9 Å². The van der Waals surface area contributed by atoms with Crippen LogP contribution >= 0.6 is 24.2 Å². The van der Waals surface area contributed by atoms with Gasteiger partial charge >= 0.3 is 0 Å². The smallest absolute Gasteiger partial charge is 0.125 e. The van der Waals surface area contributed by atoms with Gasteiger partial charge in [-0.1, -0.05) is 11.6 Å². The van der Waals surface area contributed by atoms with Crippen LogP contribution in [0.3, 0.4) is 0 Å². The number of rotatable bonds is 3. The number of hydrogen-bond acceptors (Lipinski definition) is 3. The van der Waals surface area contributed by atoms with Crippen molar-refractivity contribution in [2.24, 2.45) is 0 Å². The maximum Gasteiger partial charge on any atom is 0.125 e. The normalized spacial score (nSPS) is 12.7. The average molecular weight is 247 g/mol. The second-order valence-corrected chi connectivity index (χ2v) is 4.19. The van der Waals surface area contributed by atoms with E-state index >= 15 is 0 Å². The van der Waals surface area contributed by atoms with Crippen molar-refractivity contribution < 1.29 is 9.84 Å². The third-order valence-electron chi connectivity index (χ3n) is 2.42. The zero-order valence-corrected chi connectivity index (χ0v) is 10.7. The lowest BCUT2D eigenvalue weighted by atomic mass is 10.00. The predicted molar refractivity (Wildman–Crippen MR) is 66.3 cm³/mol. The Morgan fingerprint density at radius 3 is 2.60 bits per heavy atom. The van der Waals surface area contributed by atoms with Gasteiger partial charge in [0.05, 0.1) is 13.2 Å². The first-order chi connectivity index (χ1) is 7.02. The summed E-state index contributed by atoms with van der Waals surface area (Å²) in [6, 6.07) is 1.83. The molecule has 1 unspecified atom stereocenters.